The first-order valence-corrected chi connectivity index (χ1v) is 11.1. The molecule has 0 saturated heterocycles. The fourth-order valence-corrected chi connectivity index (χ4v) is 3.78. The number of benzene rings is 4. The van der Waals surface area contributed by atoms with Crippen LogP contribution in [-0.4, -0.2) is 76.8 Å². The summed E-state index contributed by atoms with van der Waals surface area (Å²) < 4.78 is 0. The van der Waals surface area contributed by atoms with Crippen molar-refractivity contribution in [1.82, 2.24) is 10.2 Å². The second-order valence-electron chi connectivity index (χ2n) is 7.94. The number of aromatic nitrogens is 2. The zero-order chi connectivity index (χ0) is 25.8. The molecule has 44 heavy (non-hydrogen) atoms. The van der Waals surface area contributed by atoms with E-state index in [4.69, 9.17) is 0 Å². The first kappa shape index (κ1) is 44.1. The number of hydrogen-bond donors (Lipinski definition) is 5. The molecule has 13 N–H and O–H groups in total. The van der Waals surface area contributed by atoms with Crippen LogP contribution >= 0.6 is 0 Å². The van der Waals surface area contributed by atoms with Crippen molar-refractivity contribution in [3.63, 3.8) is 0 Å². The molecular formula is C27H28ClCu2N6O8+3. The summed E-state index contributed by atoms with van der Waals surface area (Å²) in [6.45, 7) is 0. The van der Waals surface area contributed by atoms with Crippen LogP contribution in [0, 0.1) is 0 Å². The van der Waals surface area contributed by atoms with Gasteiger partial charge in [0.05, 0.1) is 12.4 Å². The first-order valence-electron chi connectivity index (χ1n) is 11.1. The number of aromatic hydroxyl groups is 2. The summed E-state index contributed by atoms with van der Waals surface area (Å²) in [6.07, 6.45) is 2.67. The summed E-state index contributed by atoms with van der Waals surface area (Å²) in [7, 11) is 0. The van der Waals surface area contributed by atoms with E-state index in [2.05, 4.69) is 30.6 Å². The molecule has 0 unspecified atom stereocenters. The summed E-state index contributed by atoms with van der Waals surface area (Å²) in [5, 5.41) is 65.9. The standard InChI is InChI=1S/C27H20N6O4.ClH.2Cu.4H2O/c34-24-11-9-16-5-1-3-7-18(16)20(24)14-28-32-26(36)22-13-23(31-30-22)27(37)33-29-15-21-19-8-4-2-6-17(19)10-12-25(21)35;;;;;;;/h1-15,34-35H,(H,30,31)(H,32,36)(H,33,37);1H;;;4*1H2/q;;2*+2;;;;/p-1/b28-14-,29-15+;;;;;;;. The Morgan fingerprint density at radius 2 is 1.07 bits per heavy atom. The Hall–Kier alpha value is -4.34. The van der Waals surface area contributed by atoms with Crippen molar-refractivity contribution in [2.24, 2.45) is 20.4 Å². The van der Waals surface area contributed by atoms with Crippen molar-refractivity contribution in [3.05, 3.63) is 101 Å². The largest absolute Gasteiger partial charge is 2.00 e. The normalized spacial score (nSPS) is 10.8. The summed E-state index contributed by atoms with van der Waals surface area (Å²) in [5.74, 6) is -0.959. The van der Waals surface area contributed by atoms with Crippen LogP contribution in [0.1, 0.15) is 22.5 Å². The van der Waals surface area contributed by atoms with E-state index < -0.39 is 11.8 Å². The number of phenolic OH excluding ortho intramolecular Hbond substituents is 2. The van der Waals surface area contributed by atoms with Crippen LogP contribution in [0.4, 0.5) is 0 Å². The zero-order valence-corrected chi connectivity index (χ0v) is 24.8. The number of fused-ring (bicyclic) bond motifs is 2. The van der Waals surface area contributed by atoms with Gasteiger partial charge in [0, 0.05) is 17.2 Å². The third-order valence-corrected chi connectivity index (χ3v) is 5.62. The van der Waals surface area contributed by atoms with Crippen LogP contribution in [-0.2, 0) is 34.1 Å². The van der Waals surface area contributed by atoms with Crippen molar-refractivity contribution in [1.29, 1.82) is 0 Å². The molecule has 5 aromatic rings. The molecule has 1 aromatic heterocycles. The van der Waals surface area contributed by atoms with Gasteiger partial charge in [-0.15, -0.1) is 10.2 Å². The predicted octanol–water partition coefficient (Wildman–Crippen LogP) is -1.50. The maximum atomic E-state index is 10.3. The number of halogens is 1. The first-order chi connectivity index (χ1) is 18.0. The molecule has 0 bridgehead atoms. The molecule has 4 aromatic carbocycles. The number of H-pyrrole nitrogens is 1. The monoisotopic (exact) mass is 725 g/mol. The fourth-order valence-electron chi connectivity index (χ4n) is 3.78. The van der Waals surface area contributed by atoms with E-state index in [9.17, 15) is 20.4 Å². The van der Waals surface area contributed by atoms with Crippen molar-refractivity contribution >= 4 is 45.8 Å². The third kappa shape index (κ3) is 9.59. The Bertz CT molecular complexity index is 1640. The number of phenols is 2. The second kappa shape index (κ2) is 19.8. The van der Waals surface area contributed by atoms with Gasteiger partial charge in [-0.25, -0.2) is 0 Å². The Morgan fingerprint density at radius 3 is 1.55 bits per heavy atom. The molecule has 0 atom stereocenters. The third-order valence-electron chi connectivity index (χ3n) is 5.62. The van der Waals surface area contributed by atoms with E-state index in [1.54, 1.807) is 24.3 Å². The molecule has 0 aliphatic heterocycles. The SMILES string of the molecule is O.O.O.O.O/C(=N\N=C/c1c(O)ccc2ccccc12)c1cc(/C(O)=N\N=C\c2c(O)ccc3ccccc23)n[nH]1.[Cl-].[Cu+2].[Cu+2]. The van der Waals surface area contributed by atoms with Crippen molar-refractivity contribution < 1.29 is 88.9 Å². The van der Waals surface area contributed by atoms with E-state index in [0.717, 1.165) is 21.5 Å². The van der Waals surface area contributed by atoms with Gasteiger partial charge in [-0.05, 0) is 33.7 Å². The molecule has 0 aliphatic rings. The molecule has 1 heterocycles. The summed E-state index contributed by atoms with van der Waals surface area (Å²) in [6, 6.07) is 22.9. The fraction of sp³-hybridized carbons (Fsp3) is 0. The number of aromatic amines is 1. The minimum Gasteiger partial charge on any atom is -1.00 e. The Kier molecular flexibility index (Phi) is 19.8. The molecule has 17 heteroatoms. The smallest absolute Gasteiger partial charge is 1.00 e. The minimum atomic E-state index is -0.518. The Morgan fingerprint density at radius 1 is 0.636 bits per heavy atom. The van der Waals surface area contributed by atoms with Gasteiger partial charge in [0.15, 0.2) is 0 Å². The van der Waals surface area contributed by atoms with Crippen LogP contribution in [0.2, 0.25) is 0 Å². The zero-order valence-electron chi connectivity index (χ0n) is 22.2. The van der Waals surface area contributed by atoms with E-state index in [0.29, 0.717) is 11.1 Å². The summed E-state index contributed by atoms with van der Waals surface area (Å²) in [5.41, 5.74) is 0.996. The number of hydrogen-bond acceptors (Lipinski definition) is 7. The van der Waals surface area contributed by atoms with Crippen LogP contribution in [0.25, 0.3) is 21.5 Å². The van der Waals surface area contributed by atoms with E-state index in [1.807, 2.05) is 48.5 Å². The molecule has 0 saturated carbocycles. The minimum absolute atomic E-state index is 0. The van der Waals surface area contributed by atoms with Gasteiger partial charge in [-0.1, -0.05) is 60.7 Å². The molecule has 0 amide bonds. The van der Waals surface area contributed by atoms with Crippen molar-refractivity contribution in [2.45, 2.75) is 0 Å². The molecule has 0 spiro atoms. The molecule has 2 radical (unpaired) electrons. The molecule has 14 nitrogen and oxygen atoms in total. The molecular weight excluding hydrogens is 699 g/mol. The Balaban J connectivity index is -0.00000240. The number of aliphatic hydroxyl groups excluding tert-OH is 2. The molecule has 240 valence electrons. The van der Waals surface area contributed by atoms with E-state index in [1.165, 1.54) is 18.5 Å². The number of rotatable bonds is 6. The molecule has 0 aliphatic carbocycles. The van der Waals surface area contributed by atoms with Gasteiger partial charge < -0.3 is 54.7 Å². The summed E-state index contributed by atoms with van der Waals surface area (Å²) >= 11 is 0. The maximum absolute atomic E-state index is 10.3. The Labute approximate surface area is 277 Å². The molecule has 0 fully saturated rings. The van der Waals surface area contributed by atoms with Gasteiger partial charge in [0.1, 0.15) is 22.9 Å². The number of nitrogens with one attached hydrogen (secondary N) is 1. The van der Waals surface area contributed by atoms with Gasteiger partial charge in [0.2, 0.25) is 0 Å². The van der Waals surface area contributed by atoms with Gasteiger partial charge in [-0.2, -0.15) is 15.3 Å². The summed E-state index contributed by atoms with van der Waals surface area (Å²) in [4.78, 5) is 0. The van der Waals surface area contributed by atoms with Gasteiger partial charge >= 0.3 is 34.1 Å². The van der Waals surface area contributed by atoms with Crippen molar-refractivity contribution in [3.8, 4) is 11.5 Å². The van der Waals surface area contributed by atoms with E-state index >= 15 is 0 Å². The second-order valence-corrected chi connectivity index (χ2v) is 7.94. The number of aliphatic hydroxyl groups is 2. The van der Waals surface area contributed by atoms with Crippen LogP contribution in [0.3, 0.4) is 0 Å². The van der Waals surface area contributed by atoms with Crippen LogP contribution in [0.15, 0.2) is 99.3 Å². The predicted molar refractivity (Wildman–Crippen MR) is 158 cm³/mol. The van der Waals surface area contributed by atoms with Crippen molar-refractivity contribution in [2.75, 3.05) is 0 Å². The average molecular weight is 727 g/mol. The van der Waals surface area contributed by atoms with Gasteiger partial charge in [-0.3, -0.25) is 5.10 Å². The van der Waals surface area contributed by atoms with Gasteiger partial charge in [0.25, 0.3) is 11.8 Å². The van der Waals surface area contributed by atoms with E-state index in [-0.39, 0.29) is 91.3 Å². The van der Waals surface area contributed by atoms with Crippen LogP contribution < -0.4 is 12.4 Å². The van der Waals surface area contributed by atoms with Crippen LogP contribution in [0.5, 0.6) is 11.5 Å². The maximum Gasteiger partial charge on any atom is 2.00 e. The number of nitrogens with zero attached hydrogens (tertiary/aromatic N) is 5. The molecule has 5 rings (SSSR count). The average Bonchev–Trinajstić information content (AvgIpc) is 3.42. The quantitative estimate of drug-likeness (QED) is 0.0603. The topological polar surface area (TPSA) is 285 Å².